The van der Waals surface area contributed by atoms with Crippen molar-refractivity contribution in [3.05, 3.63) is 34.0 Å². The standard InChI is InChI=1S/C16H25N5S/c1-16(2,3)15-18-14(12-22-15)11-21-8-6-20(7-9-21)10-13-4-5-17-19-13/h4-5,12H,6-11H2,1-3H3,(H,17,19). The van der Waals surface area contributed by atoms with Crippen LogP contribution in [0.1, 0.15) is 37.2 Å². The van der Waals surface area contributed by atoms with E-state index in [1.807, 2.05) is 6.20 Å². The Kier molecular flexibility index (Phi) is 4.61. The maximum Gasteiger partial charge on any atom is 0.0982 e. The molecule has 3 rings (SSSR count). The van der Waals surface area contributed by atoms with Gasteiger partial charge in [0.05, 0.1) is 10.7 Å². The summed E-state index contributed by atoms with van der Waals surface area (Å²) in [6, 6.07) is 2.05. The highest BCUT2D eigenvalue weighted by atomic mass is 32.1. The quantitative estimate of drug-likeness (QED) is 0.940. The zero-order valence-corrected chi connectivity index (χ0v) is 14.5. The number of piperazine rings is 1. The van der Waals surface area contributed by atoms with Crippen LogP contribution in [0, 0.1) is 0 Å². The Balaban J connectivity index is 1.48. The lowest BCUT2D eigenvalue weighted by Gasteiger charge is -2.34. The Morgan fingerprint density at radius 1 is 1.14 bits per heavy atom. The number of rotatable bonds is 4. The van der Waals surface area contributed by atoms with E-state index >= 15 is 0 Å². The Morgan fingerprint density at radius 3 is 2.36 bits per heavy atom. The van der Waals surface area contributed by atoms with Gasteiger partial charge in [0.2, 0.25) is 0 Å². The first-order chi connectivity index (χ1) is 10.5. The highest BCUT2D eigenvalue weighted by Gasteiger charge is 2.21. The van der Waals surface area contributed by atoms with E-state index in [1.165, 1.54) is 16.4 Å². The molecule has 1 aliphatic heterocycles. The summed E-state index contributed by atoms with van der Waals surface area (Å²) >= 11 is 1.79. The molecule has 0 amide bonds. The molecular weight excluding hydrogens is 294 g/mol. The molecule has 6 heteroatoms. The lowest BCUT2D eigenvalue weighted by Crippen LogP contribution is -2.45. The van der Waals surface area contributed by atoms with E-state index < -0.39 is 0 Å². The van der Waals surface area contributed by atoms with Crippen molar-refractivity contribution in [1.82, 2.24) is 25.0 Å². The van der Waals surface area contributed by atoms with Crippen LogP contribution in [0.25, 0.3) is 0 Å². The van der Waals surface area contributed by atoms with E-state index in [1.54, 1.807) is 11.3 Å². The topological polar surface area (TPSA) is 48.1 Å². The summed E-state index contributed by atoms with van der Waals surface area (Å²) in [5.74, 6) is 0. The van der Waals surface area contributed by atoms with Crippen molar-refractivity contribution in [3.63, 3.8) is 0 Å². The minimum Gasteiger partial charge on any atom is -0.295 e. The molecule has 120 valence electrons. The molecule has 3 heterocycles. The fourth-order valence-corrected chi connectivity index (χ4v) is 3.57. The van der Waals surface area contributed by atoms with Crippen LogP contribution in [0.4, 0.5) is 0 Å². The van der Waals surface area contributed by atoms with E-state index in [-0.39, 0.29) is 5.41 Å². The summed E-state index contributed by atoms with van der Waals surface area (Å²) in [5, 5.41) is 10.5. The zero-order valence-electron chi connectivity index (χ0n) is 13.7. The van der Waals surface area contributed by atoms with Crippen molar-refractivity contribution < 1.29 is 0 Å². The molecule has 1 N–H and O–H groups in total. The highest BCUT2D eigenvalue weighted by molar-refractivity contribution is 7.09. The number of hydrogen-bond donors (Lipinski definition) is 1. The fourth-order valence-electron chi connectivity index (χ4n) is 2.67. The van der Waals surface area contributed by atoms with Crippen LogP contribution in [-0.2, 0) is 18.5 Å². The van der Waals surface area contributed by atoms with Gasteiger partial charge in [0, 0.05) is 62.0 Å². The SMILES string of the molecule is CC(C)(C)c1nc(CN2CCN(Cc3ccn[nH]3)CC2)cs1. The van der Waals surface area contributed by atoms with E-state index in [4.69, 9.17) is 4.98 Å². The second kappa shape index (κ2) is 6.48. The van der Waals surface area contributed by atoms with Gasteiger partial charge in [0.25, 0.3) is 0 Å². The van der Waals surface area contributed by atoms with Crippen molar-refractivity contribution in [2.45, 2.75) is 39.3 Å². The minimum atomic E-state index is 0.158. The molecule has 1 aliphatic rings. The predicted octanol–water partition coefficient (Wildman–Crippen LogP) is 2.48. The summed E-state index contributed by atoms with van der Waals surface area (Å²) in [6.45, 7) is 13.1. The van der Waals surface area contributed by atoms with Gasteiger partial charge in [-0.1, -0.05) is 20.8 Å². The largest absolute Gasteiger partial charge is 0.295 e. The lowest BCUT2D eigenvalue weighted by atomic mass is 9.98. The lowest BCUT2D eigenvalue weighted by molar-refractivity contribution is 0.120. The third kappa shape index (κ3) is 3.94. The predicted molar refractivity (Wildman–Crippen MR) is 90.0 cm³/mol. The molecule has 5 nitrogen and oxygen atoms in total. The molecule has 0 saturated carbocycles. The minimum absolute atomic E-state index is 0.158. The van der Waals surface area contributed by atoms with Gasteiger partial charge in [-0.3, -0.25) is 14.9 Å². The molecule has 2 aromatic heterocycles. The van der Waals surface area contributed by atoms with Gasteiger partial charge in [0.15, 0.2) is 0 Å². The normalized spacial score (nSPS) is 18.0. The average Bonchev–Trinajstić information content (AvgIpc) is 3.12. The summed E-state index contributed by atoms with van der Waals surface area (Å²) in [5.41, 5.74) is 2.57. The third-order valence-corrected chi connectivity index (χ3v) is 5.31. The number of nitrogens with zero attached hydrogens (tertiary/aromatic N) is 4. The van der Waals surface area contributed by atoms with Gasteiger partial charge in [-0.2, -0.15) is 5.10 Å². The van der Waals surface area contributed by atoms with Crippen LogP contribution in [0.3, 0.4) is 0 Å². The number of hydrogen-bond acceptors (Lipinski definition) is 5. The fraction of sp³-hybridized carbons (Fsp3) is 0.625. The Hall–Kier alpha value is -1.24. The zero-order chi connectivity index (χ0) is 15.6. The molecule has 0 spiro atoms. The smallest absolute Gasteiger partial charge is 0.0982 e. The van der Waals surface area contributed by atoms with Crippen LogP contribution in [0.15, 0.2) is 17.6 Å². The third-order valence-electron chi connectivity index (χ3n) is 4.00. The number of nitrogens with one attached hydrogen (secondary N) is 1. The number of H-pyrrole nitrogens is 1. The van der Waals surface area contributed by atoms with Gasteiger partial charge in [0.1, 0.15) is 0 Å². The van der Waals surface area contributed by atoms with Crippen molar-refractivity contribution >= 4 is 11.3 Å². The molecular formula is C16H25N5S. The summed E-state index contributed by atoms with van der Waals surface area (Å²) in [7, 11) is 0. The van der Waals surface area contributed by atoms with E-state index in [9.17, 15) is 0 Å². The molecule has 1 saturated heterocycles. The van der Waals surface area contributed by atoms with Crippen molar-refractivity contribution in [3.8, 4) is 0 Å². The van der Waals surface area contributed by atoms with Crippen LogP contribution >= 0.6 is 11.3 Å². The number of aromatic nitrogens is 3. The van der Waals surface area contributed by atoms with Crippen molar-refractivity contribution in [2.24, 2.45) is 0 Å². The Bertz CT molecular complexity index is 576. The second-order valence-electron chi connectivity index (χ2n) is 7.03. The molecule has 0 atom stereocenters. The molecule has 0 unspecified atom stereocenters. The number of thiazole rings is 1. The van der Waals surface area contributed by atoms with Crippen LogP contribution in [0.2, 0.25) is 0 Å². The monoisotopic (exact) mass is 319 g/mol. The van der Waals surface area contributed by atoms with Crippen LogP contribution in [0.5, 0.6) is 0 Å². The van der Waals surface area contributed by atoms with E-state index in [0.29, 0.717) is 0 Å². The van der Waals surface area contributed by atoms with Crippen LogP contribution < -0.4 is 0 Å². The summed E-state index contributed by atoms with van der Waals surface area (Å²) < 4.78 is 0. The maximum atomic E-state index is 4.81. The van der Waals surface area contributed by atoms with Gasteiger partial charge in [-0.05, 0) is 6.07 Å². The first-order valence-electron chi connectivity index (χ1n) is 7.88. The molecule has 22 heavy (non-hydrogen) atoms. The van der Waals surface area contributed by atoms with E-state index in [2.05, 4.69) is 52.2 Å². The van der Waals surface area contributed by atoms with Crippen LogP contribution in [-0.4, -0.2) is 51.2 Å². The van der Waals surface area contributed by atoms with Gasteiger partial charge >= 0.3 is 0 Å². The van der Waals surface area contributed by atoms with Gasteiger partial charge in [-0.25, -0.2) is 4.98 Å². The molecule has 0 radical (unpaired) electrons. The summed E-state index contributed by atoms with van der Waals surface area (Å²) in [4.78, 5) is 9.79. The first-order valence-corrected chi connectivity index (χ1v) is 8.76. The van der Waals surface area contributed by atoms with Crippen molar-refractivity contribution in [2.75, 3.05) is 26.2 Å². The Labute approximate surface area is 136 Å². The average molecular weight is 319 g/mol. The molecule has 0 aromatic carbocycles. The maximum absolute atomic E-state index is 4.81. The molecule has 2 aromatic rings. The highest BCUT2D eigenvalue weighted by Crippen LogP contribution is 2.26. The second-order valence-corrected chi connectivity index (χ2v) is 7.89. The van der Waals surface area contributed by atoms with Gasteiger partial charge in [-0.15, -0.1) is 11.3 Å². The van der Waals surface area contributed by atoms with Crippen molar-refractivity contribution in [1.29, 1.82) is 0 Å². The summed E-state index contributed by atoms with van der Waals surface area (Å²) in [6.07, 6.45) is 1.82. The molecule has 0 aliphatic carbocycles. The van der Waals surface area contributed by atoms with Gasteiger partial charge < -0.3 is 0 Å². The number of aromatic amines is 1. The molecule has 0 bridgehead atoms. The molecule has 1 fully saturated rings. The first kappa shape index (κ1) is 15.6. The Morgan fingerprint density at radius 2 is 1.82 bits per heavy atom. The van der Waals surface area contributed by atoms with E-state index in [0.717, 1.165) is 39.3 Å².